The first-order valence-electron chi connectivity index (χ1n) is 8.28. The molecule has 2 heteroatoms. The van der Waals surface area contributed by atoms with Crippen LogP contribution in [0.15, 0.2) is 24.3 Å². The Labute approximate surface area is 133 Å². The van der Waals surface area contributed by atoms with Crippen molar-refractivity contribution in [2.75, 3.05) is 0 Å². The van der Waals surface area contributed by atoms with E-state index in [4.69, 9.17) is 0 Å². The highest BCUT2D eigenvalue weighted by Gasteiger charge is 2.53. The Balaban J connectivity index is 2.28. The van der Waals surface area contributed by atoms with E-state index in [1.54, 1.807) is 12.1 Å². The predicted molar refractivity (Wildman–Crippen MR) is 89.3 cm³/mol. The van der Waals surface area contributed by atoms with Crippen LogP contribution in [-0.4, -0.2) is 10.9 Å². The Morgan fingerprint density at radius 3 is 2.55 bits per heavy atom. The quantitative estimate of drug-likeness (QED) is 0.828. The average Bonchev–Trinajstić information content (AvgIpc) is 2.42. The van der Waals surface area contributed by atoms with Crippen LogP contribution in [0.2, 0.25) is 0 Å². The number of phenolic OH excluding ortho intramolecular Hbond substituents is 1. The van der Waals surface area contributed by atoms with Gasteiger partial charge in [-0.05, 0) is 65.8 Å². The van der Waals surface area contributed by atoms with Gasteiger partial charge in [-0.1, -0.05) is 39.8 Å². The van der Waals surface area contributed by atoms with Crippen LogP contribution >= 0.6 is 0 Å². The van der Waals surface area contributed by atoms with Gasteiger partial charge in [0.15, 0.2) is 5.78 Å². The minimum Gasteiger partial charge on any atom is -0.508 e. The topological polar surface area (TPSA) is 37.3 Å². The van der Waals surface area contributed by atoms with Crippen molar-refractivity contribution in [3.05, 3.63) is 41.0 Å². The number of aromatic hydroxyl groups is 1. The molecular weight excluding hydrogens is 272 g/mol. The Hall–Kier alpha value is -1.57. The molecule has 1 aromatic carbocycles. The molecule has 0 heterocycles. The third-order valence-corrected chi connectivity index (χ3v) is 5.93. The van der Waals surface area contributed by atoms with E-state index in [2.05, 4.69) is 40.7 Å². The van der Waals surface area contributed by atoms with Gasteiger partial charge in [-0.2, -0.15) is 0 Å². The molecule has 0 saturated carbocycles. The largest absolute Gasteiger partial charge is 0.508 e. The smallest absolute Gasteiger partial charge is 0.165 e. The third-order valence-electron chi connectivity index (χ3n) is 5.93. The summed E-state index contributed by atoms with van der Waals surface area (Å²) < 4.78 is 0. The van der Waals surface area contributed by atoms with E-state index in [-0.39, 0.29) is 17.1 Å². The second-order valence-electron chi connectivity index (χ2n) is 7.99. The number of fused-ring (bicyclic) bond motifs is 3. The molecule has 0 aromatic heterocycles. The second-order valence-corrected chi connectivity index (χ2v) is 7.99. The summed E-state index contributed by atoms with van der Waals surface area (Å²) in [6.45, 7) is 10.8. The summed E-state index contributed by atoms with van der Waals surface area (Å²) in [5, 5.41) is 10.3. The molecule has 2 aliphatic carbocycles. The molecule has 0 spiro atoms. The Bertz CT molecular complexity index is 667. The number of hydrogen-bond donors (Lipinski definition) is 1. The number of carbonyl (C=O) groups excluding carboxylic acids is 1. The van der Waals surface area contributed by atoms with Gasteiger partial charge >= 0.3 is 0 Å². The maximum absolute atomic E-state index is 12.8. The van der Waals surface area contributed by atoms with Crippen molar-refractivity contribution in [1.29, 1.82) is 0 Å². The Kier molecular flexibility index (Phi) is 3.28. The van der Waals surface area contributed by atoms with Crippen LogP contribution in [0.3, 0.4) is 0 Å². The van der Waals surface area contributed by atoms with Crippen LogP contribution in [0, 0.1) is 11.3 Å². The van der Waals surface area contributed by atoms with Crippen molar-refractivity contribution in [2.45, 2.75) is 58.8 Å². The standard InChI is InChI=1S/C20H26O2/c1-12(2)18-13-6-9-16-19(3,4)11-10-17(22)20(16,5)14(13)7-8-15(18)21/h7-8,10-12,16,21H,6,9H2,1-5H3. The van der Waals surface area contributed by atoms with Crippen LogP contribution in [-0.2, 0) is 16.6 Å². The number of allylic oxidation sites excluding steroid dienone is 2. The fourth-order valence-corrected chi connectivity index (χ4v) is 4.82. The van der Waals surface area contributed by atoms with E-state index >= 15 is 0 Å². The van der Waals surface area contributed by atoms with Crippen molar-refractivity contribution >= 4 is 5.78 Å². The lowest BCUT2D eigenvalue weighted by molar-refractivity contribution is -0.124. The summed E-state index contributed by atoms with van der Waals surface area (Å²) in [5.41, 5.74) is 2.91. The van der Waals surface area contributed by atoms with Crippen molar-refractivity contribution in [3.8, 4) is 5.75 Å². The van der Waals surface area contributed by atoms with Crippen molar-refractivity contribution in [1.82, 2.24) is 0 Å². The summed E-state index contributed by atoms with van der Waals surface area (Å²) in [5.74, 6) is 1.15. The summed E-state index contributed by atoms with van der Waals surface area (Å²) in [7, 11) is 0. The van der Waals surface area contributed by atoms with Gasteiger partial charge in [0.25, 0.3) is 0 Å². The van der Waals surface area contributed by atoms with E-state index < -0.39 is 5.41 Å². The number of phenols is 1. The zero-order chi connectivity index (χ0) is 16.3. The van der Waals surface area contributed by atoms with Gasteiger partial charge in [-0.25, -0.2) is 0 Å². The summed E-state index contributed by atoms with van der Waals surface area (Å²) >= 11 is 0. The lowest BCUT2D eigenvalue weighted by Crippen LogP contribution is -2.51. The molecule has 22 heavy (non-hydrogen) atoms. The number of carbonyl (C=O) groups is 1. The van der Waals surface area contributed by atoms with Gasteiger partial charge in [-0.3, -0.25) is 4.79 Å². The van der Waals surface area contributed by atoms with Gasteiger partial charge in [0, 0.05) is 0 Å². The molecular formula is C20H26O2. The number of hydrogen-bond acceptors (Lipinski definition) is 2. The second kappa shape index (κ2) is 4.71. The zero-order valence-corrected chi connectivity index (χ0v) is 14.2. The number of ketones is 1. The van der Waals surface area contributed by atoms with Crippen LogP contribution in [0.25, 0.3) is 0 Å². The van der Waals surface area contributed by atoms with Crippen molar-refractivity contribution < 1.29 is 9.90 Å². The molecule has 2 unspecified atom stereocenters. The SMILES string of the molecule is CC(C)c1c(O)ccc2c1CCC1C(C)(C)C=CC(=O)C21C. The number of benzene rings is 1. The van der Waals surface area contributed by atoms with Gasteiger partial charge in [0.1, 0.15) is 5.75 Å². The van der Waals surface area contributed by atoms with E-state index in [0.717, 1.165) is 24.0 Å². The lowest BCUT2D eigenvalue weighted by atomic mass is 9.51. The molecule has 0 saturated heterocycles. The Morgan fingerprint density at radius 2 is 1.91 bits per heavy atom. The molecule has 2 atom stereocenters. The first-order chi connectivity index (χ1) is 10.2. The monoisotopic (exact) mass is 298 g/mol. The molecule has 1 N–H and O–H groups in total. The minimum absolute atomic E-state index is 0.0240. The highest BCUT2D eigenvalue weighted by molar-refractivity contribution is 6.00. The molecule has 0 radical (unpaired) electrons. The van der Waals surface area contributed by atoms with Gasteiger partial charge in [-0.15, -0.1) is 0 Å². The molecule has 0 aliphatic heterocycles. The van der Waals surface area contributed by atoms with Gasteiger partial charge < -0.3 is 5.11 Å². The van der Waals surface area contributed by atoms with Crippen molar-refractivity contribution in [3.63, 3.8) is 0 Å². The molecule has 0 bridgehead atoms. The van der Waals surface area contributed by atoms with E-state index in [0.29, 0.717) is 11.7 Å². The molecule has 0 amide bonds. The van der Waals surface area contributed by atoms with E-state index in [9.17, 15) is 9.90 Å². The highest BCUT2D eigenvalue weighted by atomic mass is 16.3. The maximum Gasteiger partial charge on any atom is 0.165 e. The summed E-state index contributed by atoms with van der Waals surface area (Å²) in [4.78, 5) is 12.8. The van der Waals surface area contributed by atoms with Gasteiger partial charge in [0.2, 0.25) is 0 Å². The van der Waals surface area contributed by atoms with Gasteiger partial charge in [0.05, 0.1) is 5.41 Å². The Morgan fingerprint density at radius 1 is 1.23 bits per heavy atom. The minimum atomic E-state index is -0.469. The van der Waals surface area contributed by atoms with Crippen LogP contribution < -0.4 is 0 Å². The van der Waals surface area contributed by atoms with E-state index in [1.807, 2.05) is 6.07 Å². The molecule has 118 valence electrons. The molecule has 0 fully saturated rings. The molecule has 3 rings (SSSR count). The van der Waals surface area contributed by atoms with Crippen LogP contribution in [0.1, 0.15) is 63.6 Å². The summed E-state index contributed by atoms with van der Waals surface area (Å²) in [6, 6.07) is 3.76. The van der Waals surface area contributed by atoms with Crippen molar-refractivity contribution in [2.24, 2.45) is 11.3 Å². The zero-order valence-electron chi connectivity index (χ0n) is 14.2. The predicted octanol–water partition coefficient (Wildman–Crippen LogP) is 4.50. The number of rotatable bonds is 1. The maximum atomic E-state index is 12.8. The third kappa shape index (κ3) is 1.89. The van der Waals surface area contributed by atoms with Crippen LogP contribution in [0.5, 0.6) is 5.75 Å². The van der Waals surface area contributed by atoms with E-state index in [1.165, 1.54) is 5.56 Å². The molecule has 1 aromatic rings. The van der Waals surface area contributed by atoms with Crippen LogP contribution in [0.4, 0.5) is 0 Å². The average molecular weight is 298 g/mol. The fraction of sp³-hybridized carbons (Fsp3) is 0.550. The fourth-order valence-electron chi connectivity index (χ4n) is 4.82. The lowest BCUT2D eigenvalue weighted by Gasteiger charge is -2.51. The normalized spacial score (nSPS) is 29.4. The highest BCUT2D eigenvalue weighted by Crippen LogP contribution is 2.54. The summed E-state index contributed by atoms with van der Waals surface area (Å²) in [6.07, 6.45) is 5.79. The molecule has 2 nitrogen and oxygen atoms in total. The first-order valence-corrected chi connectivity index (χ1v) is 8.28. The molecule has 2 aliphatic rings. The first kappa shape index (κ1) is 15.3.